The summed E-state index contributed by atoms with van der Waals surface area (Å²) in [6.45, 7) is 0.679. The second kappa shape index (κ2) is 6.18. The van der Waals surface area contributed by atoms with Crippen molar-refractivity contribution in [1.82, 2.24) is 0 Å². The van der Waals surface area contributed by atoms with Crippen LogP contribution in [-0.4, -0.2) is 20.1 Å². The molecule has 2 aromatic carbocycles. The Morgan fingerprint density at radius 3 is 2.48 bits per heavy atom. The number of nitrogens with zero attached hydrogens (tertiary/aromatic N) is 1. The first-order valence-corrected chi connectivity index (χ1v) is 6.41. The van der Waals surface area contributed by atoms with Crippen molar-refractivity contribution in [3.63, 3.8) is 0 Å². The molecule has 110 valence electrons. The van der Waals surface area contributed by atoms with Crippen LogP contribution in [0.3, 0.4) is 0 Å². The third kappa shape index (κ3) is 2.61. The molecule has 0 amide bonds. The lowest BCUT2D eigenvalue weighted by Crippen LogP contribution is -2.23. The maximum Gasteiger partial charge on any atom is 0.142 e. The van der Waals surface area contributed by atoms with Gasteiger partial charge < -0.3 is 14.4 Å². The molecular formula is C16H17BrN2O2. The zero-order chi connectivity index (χ0) is 14.1. The molecule has 1 aliphatic rings. The van der Waals surface area contributed by atoms with Crippen LogP contribution < -0.4 is 14.4 Å². The van der Waals surface area contributed by atoms with E-state index in [2.05, 4.69) is 6.07 Å². The summed E-state index contributed by atoms with van der Waals surface area (Å²) in [7, 11) is 3.27. The van der Waals surface area contributed by atoms with Gasteiger partial charge >= 0.3 is 0 Å². The van der Waals surface area contributed by atoms with Crippen molar-refractivity contribution in [2.24, 2.45) is 0 Å². The lowest BCUT2D eigenvalue weighted by Gasteiger charge is -2.21. The molecule has 0 aromatic heterocycles. The van der Waals surface area contributed by atoms with Gasteiger partial charge in [-0.25, -0.2) is 0 Å². The molecule has 0 saturated carbocycles. The number of ether oxygens (including phenoxy) is 2. The van der Waals surface area contributed by atoms with E-state index in [1.165, 1.54) is 0 Å². The first-order valence-electron chi connectivity index (χ1n) is 6.41. The van der Waals surface area contributed by atoms with Gasteiger partial charge in [-0.15, -0.1) is 17.0 Å². The Bertz CT molecular complexity index is 673. The van der Waals surface area contributed by atoms with Gasteiger partial charge in [-0.1, -0.05) is 24.3 Å². The highest BCUT2D eigenvalue weighted by molar-refractivity contribution is 8.93. The van der Waals surface area contributed by atoms with Crippen LogP contribution in [0, 0.1) is 5.41 Å². The molecule has 0 aliphatic carbocycles. The fourth-order valence-electron chi connectivity index (χ4n) is 2.50. The van der Waals surface area contributed by atoms with Crippen molar-refractivity contribution in [2.75, 3.05) is 19.1 Å². The standard InChI is InChI=1S/C16H16N2O2.BrH/c1-19-12-7-8-15(20-2)14(9-12)18-10-11-5-3-4-6-13(11)16(18)17;/h3-9,17H,10H2,1-2H3;1H. The number of fused-ring (bicyclic) bond motifs is 1. The molecule has 0 atom stereocenters. The highest BCUT2D eigenvalue weighted by Crippen LogP contribution is 2.37. The number of benzene rings is 2. The van der Waals surface area contributed by atoms with E-state index in [-0.39, 0.29) is 17.0 Å². The fourth-order valence-corrected chi connectivity index (χ4v) is 2.50. The number of amidine groups is 1. The molecule has 2 aromatic rings. The van der Waals surface area contributed by atoms with Crippen LogP contribution in [0.25, 0.3) is 0 Å². The fraction of sp³-hybridized carbons (Fsp3) is 0.188. The van der Waals surface area contributed by atoms with E-state index < -0.39 is 0 Å². The molecule has 21 heavy (non-hydrogen) atoms. The normalized spacial score (nSPS) is 12.7. The summed E-state index contributed by atoms with van der Waals surface area (Å²) in [5, 5.41) is 8.35. The van der Waals surface area contributed by atoms with Gasteiger partial charge in [0.2, 0.25) is 0 Å². The Morgan fingerprint density at radius 2 is 1.81 bits per heavy atom. The van der Waals surface area contributed by atoms with Crippen LogP contribution in [0.15, 0.2) is 42.5 Å². The van der Waals surface area contributed by atoms with Gasteiger partial charge in [-0.05, 0) is 17.7 Å². The summed E-state index contributed by atoms with van der Waals surface area (Å²) in [6, 6.07) is 13.6. The average Bonchev–Trinajstić information content (AvgIpc) is 2.84. The van der Waals surface area contributed by atoms with Gasteiger partial charge in [-0.2, -0.15) is 0 Å². The molecule has 4 nitrogen and oxygen atoms in total. The molecule has 3 rings (SSSR count). The van der Waals surface area contributed by atoms with E-state index in [4.69, 9.17) is 14.9 Å². The molecule has 1 aliphatic heterocycles. The third-order valence-corrected chi connectivity index (χ3v) is 3.55. The lowest BCUT2D eigenvalue weighted by atomic mass is 10.1. The summed E-state index contributed by atoms with van der Waals surface area (Å²) in [6.07, 6.45) is 0. The van der Waals surface area contributed by atoms with E-state index in [0.717, 1.165) is 28.3 Å². The minimum absolute atomic E-state index is 0. The predicted octanol–water partition coefficient (Wildman–Crippen LogP) is 3.63. The maximum atomic E-state index is 8.35. The minimum atomic E-state index is 0. The van der Waals surface area contributed by atoms with Gasteiger partial charge in [0.05, 0.1) is 26.5 Å². The summed E-state index contributed by atoms with van der Waals surface area (Å²) in [5.74, 6) is 1.99. The van der Waals surface area contributed by atoms with E-state index in [0.29, 0.717) is 12.4 Å². The Morgan fingerprint density at radius 1 is 1.05 bits per heavy atom. The molecule has 0 spiro atoms. The molecule has 0 unspecified atom stereocenters. The van der Waals surface area contributed by atoms with Crippen molar-refractivity contribution in [3.8, 4) is 11.5 Å². The number of hydrogen-bond donors (Lipinski definition) is 1. The van der Waals surface area contributed by atoms with Crippen LogP contribution in [0.1, 0.15) is 11.1 Å². The largest absolute Gasteiger partial charge is 0.497 e. The molecular weight excluding hydrogens is 332 g/mol. The minimum Gasteiger partial charge on any atom is -0.497 e. The predicted molar refractivity (Wildman–Crippen MR) is 89.3 cm³/mol. The average molecular weight is 349 g/mol. The molecule has 0 fully saturated rings. The SMILES string of the molecule is Br.COc1ccc(OC)c(N2Cc3ccccc3C2=N)c1. The van der Waals surface area contributed by atoms with Crippen molar-refractivity contribution in [3.05, 3.63) is 53.6 Å². The smallest absolute Gasteiger partial charge is 0.142 e. The van der Waals surface area contributed by atoms with Gasteiger partial charge in [0.15, 0.2) is 0 Å². The number of rotatable bonds is 3. The van der Waals surface area contributed by atoms with E-state index in [1.54, 1.807) is 14.2 Å². The molecule has 0 radical (unpaired) electrons. The number of halogens is 1. The van der Waals surface area contributed by atoms with Crippen molar-refractivity contribution < 1.29 is 9.47 Å². The number of methoxy groups -OCH3 is 2. The Hall–Kier alpha value is -2.01. The summed E-state index contributed by atoms with van der Waals surface area (Å²) in [5.41, 5.74) is 2.98. The Kier molecular flexibility index (Phi) is 4.53. The van der Waals surface area contributed by atoms with Crippen molar-refractivity contribution >= 4 is 28.5 Å². The van der Waals surface area contributed by atoms with Crippen LogP contribution >= 0.6 is 17.0 Å². The molecule has 1 heterocycles. The topological polar surface area (TPSA) is 45.6 Å². The molecule has 1 N–H and O–H groups in total. The first-order chi connectivity index (χ1) is 9.74. The van der Waals surface area contributed by atoms with E-state index in [9.17, 15) is 0 Å². The van der Waals surface area contributed by atoms with Crippen LogP contribution in [-0.2, 0) is 6.54 Å². The third-order valence-electron chi connectivity index (χ3n) is 3.55. The van der Waals surface area contributed by atoms with E-state index in [1.807, 2.05) is 41.3 Å². The highest BCUT2D eigenvalue weighted by Gasteiger charge is 2.27. The number of nitrogens with one attached hydrogen (secondary N) is 1. The van der Waals surface area contributed by atoms with Crippen LogP contribution in [0.4, 0.5) is 5.69 Å². The Labute approximate surface area is 134 Å². The first kappa shape index (κ1) is 15.4. The summed E-state index contributed by atoms with van der Waals surface area (Å²) in [4.78, 5) is 1.94. The van der Waals surface area contributed by atoms with Gasteiger partial charge in [0.25, 0.3) is 0 Å². The zero-order valence-electron chi connectivity index (χ0n) is 11.9. The summed E-state index contributed by atoms with van der Waals surface area (Å²) >= 11 is 0. The van der Waals surface area contributed by atoms with Gasteiger partial charge in [0, 0.05) is 11.6 Å². The Balaban J connectivity index is 0.00000161. The molecule has 5 heteroatoms. The number of hydrogen-bond acceptors (Lipinski definition) is 3. The number of anilines is 1. The second-order valence-electron chi connectivity index (χ2n) is 4.63. The van der Waals surface area contributed by atoms with Crippen molar-refractivity contribution in [2.45, 2.75) is 6.54 Å². The summed E-state index contributed by atoms with van der Waals surface area (Å²) < 4.78 is 10.7. The van der Waals surface area contributed by atoms with E-state index >= 15 is 0 Å². The second-order valence-corrected chi connectivity index (χ2v) is 4.63. The molecule has 0 saturated heterocycles. The van der Waals surface area contributed by atoms with Gasteiger partial charge in [0.1, 0.15) is 17.3 Å². The lowest BCUT2D eigenvalue weighted by molar-refractivity contribution is 0.403. The quantitative estimate of drug-likeness (QED) is 0.921. The monoisotopic (exact) mass is 348 g/mol. The zero-order valence-corrected chi connectivity index (χ0v) is 13.6. The highest BCUT2D eigenvalue weighted by atomic mass is 79.9. The van der Waals surface area contributed by atoms with Gasteiger partial charge in [-0.3, -0.25) is 5.41 Å². The van der Waals surface area contributed by atoms with Crippen molar-refractivity contribution in [1.29, 1.82) is 5.41 Å². The van der Waals surface area contributed by atoms with Crippen LogP contribution in [0.5, 0.6) is 11.5 Å². The molecule has 0 bridgehead atoms. The van der Waals surface area contributed by atoms with Crippen LogP contribution in [0.2, 0.25) is 0 Å². The maximum absolute atomic E-state index is 8.35.